The predicted octanol–water partition coefficient (Wildman–Crippen LogP) is -0.207. The van der Waals surface area contributed by atoms with E-state index < -0.39 is 0 Å². The first-order valence-corrected chi connectivity index (χ1v) is 6.97. The Balaban J connectivity index is 1.48. The van der Waals surface area contributed by atoms with E-state index in [1.165, 1.54) is 0 Å². The lowest BCUT2D eigenvalue weighted by atomic mass is 10.2. The van der Waals surface area contributed by atoms with Crippen LogP contribution >= 0.6 is 0 Å². The van der Waals surface area contributed by atoms with Crippen molar-refractivity contribution in [1.82, 2.24) is 10.2 Å². The van der Waals surface area contributed by atoms with Crippen LogP contribution in [0.2, 0.25) is 0 Å². The summed E-state index contributed by atoms with van der Waals surface area (Å²) in [7, 11) is 0. The average Bonchev–Trinajstić information content (AvgIpc) is 2.77. The Hall–Kier alpha value is -1.63. The number of β-lactam (4-membered cyclic amide) rings is 1. The summed E-state index contributed by atoms with van der Waals surface area (Å²) in [5, 5.41) is 2.82. The SMILES string of the molecule is O=COCCCCCC(=O)NCC1CN2C(=O)CC2O1. The minimum atomic E-state index is -0.0867. The molecule has 0 aromatic carbocycles. The second kappa shape index (κ2) is 7.23. The normalized spacial score (nSPS) is 24.0. The maximum atomic E-state index is 11.6. The van der Waals surface area contributed by atoms with Crippen LogP contribution in [-0.2, 0) is 23.9 Å². The summed E-state index contributed by atoms with van der Waals surface area (Å²) in [5.74, 6) is 0.117. The fourth-order valence-corrected chi connectivity index (χ4v) is 2.38. The van der Waals surface area contributed by atoms with Crippen LogP contribution in [0.15, 0.2) is 0 Å². The summed E-state index contributed by atoms with van der Waals surface area (Å²) in [4.78, 5) is 34.4. The van der Waals surface area contributed by atoms with Crippen LogP contribution in [-0.4, -0.2) is 55.2 Å². The zero-order chi connectivity index (χ0) is 14.4. The molecule has 2 fully saturated rings. The Morgan fingerprint density at radius 3 is 3.00 bits per heavy atom. The van der Waals surface area contributed by atoms with Gasteiger partial charge >= 0.3 is 0 Å². The first-order chi connectivity index (χ1) is 9.70. The predicted molar refractivity (Wildman–Crippen MR) is 68.5 cm³/mol. The van der Waals surface area contributed by atoms with Crippen molar-refractivity contribution in [2.24, 2.45) is 0 Å². The van der Waals surface area contributed by atoms with E-state index in [4.69, 9.17) is 4.74 Å². The highest BCUT2D eigenvalue weighted by molar-refractivity contribution is 5.83. The number of carbonyl (C=O) groups excluding carboxylic acids is 3. The van der Waals surface area contributed by atoms with Gasteiger partial charge in [0.25, 0.3) is 6.47 Å². The zero-order valence-electron chi connectivity index (χ0n) is 11.4. The molecule has 0 aromatic heterocycles. The van der Waals surface area contributed by atoms with Gasteiger partial charge in [0.2, 0.25) is 11.8 Å². The second-order valence-electron chi connectivity index (χ2n) is 5.04. The topological polar surface area (TPSA) is 84.9 Å². The lowest BCUT2D eigenvalue weighted by Crippen LogP contribution is -2.48. The molecule has 2 unspecified atom stereocenters. The number of nitrogens with zero attached hydrogens (tertiary/aromatic N) is 1. The van der Waals surface area contributed by atoms with Crippen LogP contribution < -0.4 is 5.32 Å². The third-order valence-corrected chi connectivity index (χ3v) is 3.53. The molecule has 0 radical (unpaired) electrons. The number of carbonyl (C=O) groups is 3. The molecule has 20 heavy (non-hydrogen) atoms. The van der Waals surface area contributed by atoms with Gasteiger partial charge in [-0.3, -0.25) is 14.4 Å². The smallest absolute Gasteiger partial charge is 0.293 e. The quantitative estimate of drug-likeness (QED) is 0.360. The van der Waals surface area contributed by atoms with Gasteiger partial charge in [0, 0.05) is 13.0 Å². The molecule has 2 aliphatic rings. The van der Waals surface area contributed by atoms with E-state index in [-0.39, 0.29) is 24.1 Å². The molecule has 0 bridgehead atoms. The van der Waals surface area contributed by atoms with Crippen molar-refractivity contribution >= 4 is 18.3 Å². The molecule has 112 valence electrons. The minimum absolute atomic E-state index is 0.00882. The highest BCUT2D eigenvalue weighted by Crippen LogP contribution is 2.28. The van der Waals surface area contributed by atoms with Gasteiger partial charge in [-0.25, -0.2) is 0 Å². The van der Waals surface area contributed by atoms with E-state index >= 15 is 0 Å². The van der Waals surface area contributed by atoms with E-state index in [0.29, 0.717) is 39.0 Å². The van der Waals surface area contributed by atoms with Crippen LogP contribution in [0.5, 0.6) is 0 Å². The van der Waals surface area contributed by atoms with Gasteiger partial charge in [-0.1, -0.05) is 0 Å². The highest BCUT2D eigenvalue weighted by Gasteiger charge is 2.44. The van der Waals surface area contributed by atoms with Gasteiger partial charge in [-0.05, 0) is 19.3 Å². The average molecular weight is 284 g/mol. The number of fused-ring (bicyclic) bond motifs is 1. The largest absolute Gasteiger partial charge is 0.468 e. The molecule has 2 amide bonds. The van der Waals surface area contributed by atoms with Crippen molar-refractivity contribution in [2.75, 3.05) is 19.7 Å². The number of nitrogens with one attached hydrogen (secondary N) is 1. The lowest BCUT2D eigenvalue weighted by Gasteiger charge is -2.31. The fourth-order valence-electron chi connectivity index (χ4n) is 2.38. The van der Waals surface area contributed by atoms with E-state index in [0.717, 1.165) is 19.3 Å². The molecule has 2 atom stereocenters. The Bertz CT molecular complexity index is 374. The van der Waals surface area contributed by atoms with E-state index in [1.54, 1.807) is 4.90 Å². The summed E-state index contributed by atoms with van der Waals surface area (Å²) >= 11 is 0. The Labute approximate surface area is 117 Å². The fraction of sp³-hybridized carbons (Fsp3) is 0.769. The highest BCUT2D eigenvalue weighted by atomic mass is 16.5. The standard InChI is InChI=1S/C13H20N2O5/c16-9-19-5-3-1-2-4-11(17)14-7-10-8-15-12(18)6-13(15)20-10/h9-10,13H,1-8H2,(H,14,17). The summed E-state index contributed by atoms with van der Waals surface area (Å²) in [5.41, 5.74) is 0. The molecule has 1 N–H and O–H groups in total. The maximum Gasteiger partial charge on any atom is 0.293 e. The van der Waals surface area contributed by atoms with Gasteiger partial charge in [0.05, 0.1) is 25.7 Å². The van der Waals surface area contributed by atoms with E-state index in [9.17, 15) is 14.4 Å². The van der Waals surface area contributed by atoms with Gasteiger partial charge < -0.3 is 19.7 Å². The van der Waals surface area contributed by atoms with Crippen molar-refractivity contribution in [3.05, 3.63) is 0 Å². The molecular weight excluding hydrogens is 264 g/mol. The molecule has 2 saturated heterocycles. The van der Waals surface area contributed by atoms with Gasteiger partial charge in [0.15, 0.2) is 0 Å². The third-order valence-electron chi connectivity index (χ3n) is 3.53. The summed E-state index contributed by atoms with van der Waals surface area (Å²) < 4.78 is 10.2. The number of hydrogen-bond acceptors (Lipinski definition) is 5. The zero-order valence-corrected chi connectivity index (χ0v) is 11.4. The number of amides is 2. The first kappa shape index (κ1) is 14.8. The molecule has 0 saturated carbocycles. The number of unbranched alkanes of at least 4 members (excludes halogenated alkanes) is 2. The van der Waals surface area contributed by atoms with Gasteiger partial charge in [-0.2, -0.15) is 0 Å². The van der Waals surface area contributed by atoms with E-state index in [1.807, 2.05) is 0 Å². The number of ether oxygens (including phenoxy) is 2. The molecule has 0 aliphatic carbocycles. The lowest BCUT2D eigenvalue weighted by molar-refractivity contribution is -0.156. The third kappa shape index (κ3) is 3.93. The molecule has 2 heterocycles. The van der Waals surface area contributed by atoms with Crippen LogP contribution in [0.1, 0.15) is 32.1 Å². The van der Waals surface area contributed by atoms with Crippen molar-refractivity contribution in [2.45, 2.75) is 44.4 Å². The Morgan fingerprint density at radius 1 is 1.45 bits per heavy atom. The summed E-state index contributed by atoms with van der Waals surface area (Å²) in [6.07, 6.45) is 3.17. The molecular formula is C13H20N2O5. The number of hydrogen-bond donors (Lipinski definition) is 1. The van der Waals surface area contributed by atoms with Crippen LogP contribution in [0, 0.1) is 0 Å². The van der Waals surface area contributed by atoms with Gasteiger partial charge in [0.1, 0.15) is 6.23 Å². The molecule has 0 aromatic rings. The molecule has 2 rings (SSSR count). The Kier molecular flexibility index (Phi) is 5.34. The molecule has 7 nitrogen and oxygen atoms in total. The first-order valence-electron chi connectivity index (χ1n) is 6.97. The molecule has 0 spiro atoms. The molecule has 7 heteroatoms. The van der Waals surface area contributed by atoms with Crippen LogP contribution in [0.25, 0.3) is 0 Å². The monoisotopic (exact) mass is 284 g/mol. The van der Waals surface area contributed by atoms with E-state index in [2.05, 4.69) is 10.1 Å². The van der Waals surface area contributed by atoms with Crippen molar-refractivity contribution < 1.29 is 23.9 Å². The summed E-state index contributed by atoms with van der Waals surface area (Å²) in [6.45, 7) is 1.87. The Morgan fingerprint density at radius 2 is 2.30 bits per heavy atom. The van der Waals surface area contributed by atoms with Crippen molar-refractivity contribution in [3.63, 3.8) is 0 Å². The van der Waals surface area contributed by atoms with Gasteiger partial charge in [-0.15, -0.1) is 0 Å². The van der Waals surface area contributed by atoms with Crippen molar-refractivity contribution in [1.29, 1.82) is 0 Å². The second-order valence-corrected chi connectivity index (χ2v) is 5.04. The molecule has 2 aliphatic heterocycles. The van der Waals surface area contributed by atoms with Crippen molar-refractivity contribution in [3.8, 4) is 0 Å². The summed E-state index contributed by atoms with van der Waals surface area (Å²) in [6, 6.07) is 0. The maximum absolute atomic E-state index is 11.6. The number of rotatable bonds is 9. The van der Waals surface area contributed by atoms with Crippen LogP contribution in [0.3, 0.4) is 0 Å². The minimum Gasteiger partial charge on any atom is -0.468 e. The van der Waals surface area contributed by atoms with Crippen LogP contribution in [0.4, 0.5) is 0 Å².